The van der Waals surface area contributed by atoms with Gasteiger partial charge in [0.05, 0.1) is 12.5 Å². The highest BCUT2D eigenvalue weighted by molar-refractivity contribution is 5.95. The molecule has 3 rings (SSSR count). The smallest absolute Gasteiger partial charge is 0.287 e. The molecular formula is C17H15BrN2O2. The van der Waals surface area contributed by atoms with Gasteiger partial charge < -0.3 is 21.4 Å². The van der Waals surface area contributed by atoms with Crippen LogP contribution in [0.25, 0.3) is 11.5 Å². The van der Waals surface area contributed by atoms with Gasteiger partial charge in [0.2, 0.25) is 11.5 Å². The van der Waals surface area contributed by atoms with Gasteiger partial charge in [-0.15, -0.1) is 0 Å². The molecule has 2 heterocycles. The number of hydrogen-bond acceptors (Lipinski definition) is 3. The third-order valence-corrected chi connectivity index (χ3v) is 3.24. The zero-order valence-electron chi connectivity index (χ0n) is 12.1. The summed E-state index contributed by atoms with van der Waals surface area (Å²) in [5.74, 6) is 0.777. The fraction of sp³-hybridized carbons (Fsp3) is 0.118. The lowest BCUT2D eigenvalue weighted by Gasteiger charge is -2.00. The van der Waals surface area contributed by atoms with Crippen LogP contribution in [-0.4, -0.2) is 10.8 Å². The first-order valence-electron chi connectivity index (χ1n) is 6.71. The van der Waals surface area contributed by atoms with E-state index in [-0.39, 0.29) is 29.3 Å². The molecule has 112 valence electrons. The Morgan fingerprint density at radius 1 is 1.18 bits per heavy atom. The predicted molar refractivity (Wildman–Crippen MR) is 77.6 cm³/mol. The maximum absolute atomic E-state index is 12.2. The van der Waals surface area contributed by atoms with Gasteiger partial charge in [0.15, 0.2) is 12.3 Å². The lowest BCUT2D eigenvalue weighted by molar-refractivity contribution is -0.686. The molecule has 0 N–H and O–H groups in total. The molecule has 0 fully saturated rings. The topological polar surface area (TPSA) is 47.0 Å². The summed E-state index contributed by atoms with van der Waals surface area (Å²) in [5, 5.41) is 0. The van der Waals surface area contributed by atoms with E-state index in [1.807, 2.05) is 55.6 Å². The second kappa shape index (κ2) is 7.13. The monoisotopic (exact) mass is 358 g/mol. The molecule has 4 nitrogen and oxygen atoms in total. The van der Waals surface area contributed by atoms with Crippen molar-refractivity contribution in [3.05, 3.63) is 72.4 Å². The second-order valence-corrected chi connectivity index (χ2v) is 4.88. The molecule has 0 atom stereocenters. The van der Waals surface area contributed by atoms with Gasteiger partial charge in [-0.2, -0.15) is 0 Å². The molecule has 0 bridgehead atoms. The van der Waals surface area contributed by atoms with E-state index in [0.29, 0.717) is 11.3 Å². The maximum Gasteiger partial charge on any atom is 0.287 e. The first-order chi connectivity index (χ1) is 10.2. The second-order valence-electron chi connectivity index (χ2n) is 4.88. The van der Waals surface area contributed by atoms with E-state index >= 15 is 0 Å². The number of nitrogens with zero attached hydrogens (tertiary/aromatic N) is 2. The SMILES string of the molecule is Cc1ccc(C(=O)C[n+]2ccc(-c3ccco3)nc2)cc1.[Br-]. The Labute approximate surface area is 139 Å². The standard InChI is InChI=1S/C17H15N2O2.BrH/c1-13-4-6-14(7-5-13)16(20)11-19-9-8-15(18-12-19)17-3-2-10-21-17;/h2-10,12H,11H2,1H3;1H/q+1;/p-1. The summed E-state index contributed by atoms with van der Waals surface area (Å²) < 4.78 is 7.04. The molecule has 22 heavy (non-hydrogen) atoms. The van der Waals surface area contributed by atoms with Crippen LogP contribution in [0.5, 0.6) is 0 Å². The third kappa shape index (κ3) is 3.68. The number of aryl methyl sites for hydroxylation is 1. The maximum atomic E-state index is 12.2. The van der Waals surface area contributed by atoms with Crippen molar-refractivity contribution in [1.29, 1.82) is 0 Å². The summed E-state index contributed by atoms with van der Waals surface area (Å²) in [6, 6.07) is 13.1. The molecule has 0 saturated carbocycles. The Balaban J connectivity index is 0.00000176. The van der Waals surface area contributed by atoms with E-state index < -0.39 is 0 Å². The van der Waals surface area contributed by atoms with E-state index in [9.17, 15) is 4.79 Å². The van der Waals surface area contributed by atoms with Crippen molar-refractivity contribution in [3.63, 3.8) is 0 Å². The fourth-order valence-corrected chi connectivity index (χ4v) is 2.04. The Kier molecular flexibility index (Phi) is 5.22. The van der Waals surface area contributed by atoms with Crippen LogP contribution in [0.2, 0.25) is 0 Å². The lowest BCUT2D eigenvalue weighted by Crippen LogP contribution is -3.00. The molecule has 0 amide bonds. The number of carbonyl (C=O) groups excluding carboxylic acids is 1. The van der Waals surface area contributed by atoms with Crippen molar-refractivity contribution in [3.8, 4) is 11.5 Å². The molecule has 0 aliphatic rings. The van der Waals surface area contributed by atoms with Gasteiger partial charge in [0.25, 0.3) is 6.33 Å². The van der Waals surface area contributed by atoms with Crippen LogP contribution >= 0.6 is 0 Å². The highest BCUT2D eigenvalue weighted by Gasteiger charge is 2.12. The number of carbonyl (C=O) groups is 1. The number of benzene rings is 1. The van der Waals surface area contributed by atoms with Crippen molar-refractivity contribution in [1.82, 2.24) is 4.98 Å². The minimum absolute atomic E-state index is 0. The number of halogens is 1. The van der Waals surface area contributed by atoms with Gasteiger partial charge in [0, 0.05) is 11.6 Å². The van der Waals surface area contributed by atoms with Gasteiger partial charge in [-0.1, -0.05) is 29.8 Å². The lowest BCUT2D eigenvalue weighted by atomic mass is 10.1. The van der Waals surface area contributed by atoms with Crippen LogP contribution in [0, 0.1) is 6.92 Å². The zero-order chi connectivity index (χ0) is 14.7. The van der Waals surface area contributed by atoms with E-state index in [0.717, 1.165) is 11.3 Å². The third-order valence-electron chi connectivity index (χ3n) is 3.24. The van der Waals surface area contributed by atoms with Crippen LogP contribution in [-0.2, 0) is 6.54 Å². The molecule has 0 radical (unpaired) electrons. The number of ketones is 1. The Bertz CT molecular complexity index is 735. The van der Waals surface area contributed by atoms with Crippen molar-refractivity contribution in [2.75, 3.05) is 0 Å². The Morgan fingerprint density at radius 2 is 1.95 bits per heavy atom. The van der Waals surface area contributed by atoms with Crippen LogP contribution in [0.15, 0.2) is 65.7 Å². The summed E-state index contributed by atoms with van der Waals surface area (Å²) in [6.45, 7) is 2.27. The average Bonchev–Trinajstić information content (AvgIpc) is 3.03. The number of hydrogen-bond donors (Lipinski definition) is 0. The molecule has 3 aromatic rings. The Morgan fingerprint density at radius 3 is 2.55 bits per heavy atom. The molecule has 0 spiro atoms. The molecule has 2 aromatic heterocycles. The fourth-order valence-electron chi connectivity index (χ4n) is 2.04. The molecule has 0 aliphatic heterocycles. The van der Waals surface area contributed by atoms with Crippen LogP contribution in [0.1, 0.15) is 15.9 Å². The van der Waals surface area contributed by atoms with E-state index in [1.54, 1.807) is 17.2 Å². The van der Waals surface area contributed by atoms with Gasteiger partial charge in [0.1, 0.15) is 0 Å². The minimum atomic E-state index is 0. The zero-order valence-corrected chi connectivity index (χ0v) is 13.7. The van der Waals surface area contributed by atoms with E-state index in [2.05, 4.69) is 4.98 Å². The van der Waals surface area contributed by atoms with E-state index in [1.165, 1.54) is 0 Å². The summed E-state index contributed by atoms with van der Waals surface area (Å²) in [4.78, 5) is 16.5. The van der Waals surface area contributed by atoms with Crippen LogP contribution < -0.4 is 21.5 Å². The molecule has 0 saturated heterocycles. The normalized spacial score (nSPS) is 10.0. The van der Waals surface area contributed by atoms with Crippen LogP contribution in [0.3, 0.4) is 0 Å². The highest BCUT2D eigenvalue weighted by Crippen LogP contribution is 2.14. The van der Waals surface area contributed by atoms with Gasteiger partial charge in [-0.3, -0.25) is 4.79 Å². The number of aromatic nitrogens is 2. The summed E-state index contributed by atoms with van der Waals surface area (Å²) >= 11 is 0. The molecule has 0 unspecified atom stereocenters. The number of Topliss-reactive ketones (excluding diaryl/α,β-unsaturated/α-hetero) is 1. The Hall–Kier alpha value is -2.27. The van der Waals surface area contributed by atoms with Crippen LogP contribution in [0.4, 0.5) is 0 Å². The van der Waals surface area contributed by atoms with Gasteiger partial charge in [-0.25, -0.2) is 4.57 Å². The molecule has 0 aliphatic carbocycles. The van der Waals surface area contributed by atoms with Gasteiger partial charge >= 0.3 is 0 Å². The number of furan rings is 1. The summed E-state index contributed by atoms with van der Waals surface area (Å²) in [6.07, 6.45) is 5.08. The van der Waals surface area contributed by atoms with Crippen molar-refractivity contribution < 1.29 is 30.8 Å². The summed E-state index contributed by atoms with van der Waals surface area (Å²) in [5.41, 5.74) is 2.60. The molecule has 5 heteroatoms. The molecular weight excluding hydrogens is 344 g/mol. The largest absolute Gasteiger partial charge is 1.00 e. The number of rotatable bonds is 4. The first kappa shape index (κ1) is 16.1. The van der Waals surface area contributed by atoms with Gasteiger partial charge in [-0.05, 0) is 24.0 Å². The first-order valence-corrected chi connectivity index (χ1v) is 6.71. The van der Waals surface area contributed by atoms with Crippen molar-refractivity contribution in [2.45, 2.75) is 13.5 Å². The van der Waals surface area contributed by atoms with Crippen molar-refractivity contribution in [2.24, 2.45) is 0 Å². The molecule has 1 aromatic carbocycles. The van der Waals surface area contributed by atoms with E-state index in [4.69, 9.17) is 4.42 Å². The highest BCUT2D eigenvalue weighted by atomic mass is 79.9. The van der Waals surface area contributed by atoms with Crippen molar-refractivity contribution >= 4 is 5.78 Å². The quantitative estimate of drug-likeness (QED) is 0.480. The summed E-state index contributed by atoms with van der Waals surface area (Å²) in [7, 11) is 0. The predicted octanol–water partition coefficient (Wildman–Crippen LogP) is -0.176. The minimum Gasteiger partial charge on any atom is -1.00 e. The average molecular weight is 359 g/mol.